The van der Waals surface area contributed by atoms with Gasteiger partial charge in [0.05, 0.1) is 0 Å². The monoisotopic (exact) mass is 127 g/mol. The summed E-state index contributed by atoms with van der Waals surface area (Å²) in [7, 11) is 0. The zero-order valence-electron chi connectivity index (χ0n) is 5.22. The van der Waals surface area contributed by atoms with Gasteiger partial charge in [-0.3, -0.25) is 5.32 Å². The lowest BCUT2D eigenvalue weighted by Crippen LogP contribution is -2.44. The summed E-state index contributed by atoms with van der Waals surface area (Å²) in [6, 6.07) is 0. The number of carboxylic acid groups (broad SMARTS) is 1. The summed E-state index contributed by atoms with van der Waals surface area (Å²) in [5, 5.41) is 11.4. The summed E-state index contributed by atoms with van der Waals surface area (Å²) in [4.78, 5) is 10.4. The van der Waals surface area contributed by atoms with Gasteiger partial charge < -0.3 is 5.11 Å². The molecular weight excluding hydrogens is 118 g/mol. The van der Waals surface area contributed by atoms with Crippen molar-refractivity contribution in [3.8, 4) is 0 Å². The molecule has 3 heteroatoms. The fourth-order valence-corrected chi connectivity index (χ4v) is 0.771. The maximum atomic E-state index is 10.4. The second-order valence-corrected chi connectivity index (χ2v) is 2.29. The fourth-order valence-electron chi connectivity index (χ4n) is 0.771. The number of carbonyl (C=O) groups is 1. The Kier molecular flexibility index (Phi) is 1.29. The predicted octanol–water partition coefficient (Wildman–Crippen LogP) is -0.0109. The highest BCUT2D eigenvalue weighted by Gasteiger charge is 2.31. The minimum absolute atomic E-state index is 0.656. The maximum Gasteiger partial charge on any atom is 0.327 e. The van der Waals surface area contributed by atoms with Crippen molar-refractivity contribution in [2.75, 3.05) is 6.54 Å². The standard InChI is InChI=1S/C6H9NO2/c1-6(5(8)9)3-2-4-7-6/h2-3,7H,4H2,1H3,(H,8,9). The molecule has 50 valence electrons. The second kappa shape index (κ2) is 1.84. The van der Waals surface area contributed by atoms with E-state index < -0.39 is 11.5 Å². The molecular formula is C6H9NO2. The molecule has 1 rings (SSSR count). The third-order valence-corrected chi connectivity index (χ3v) is 1.48. The Morgan fingerprint density at radius 3 is 2.78 bits per heavy atom. The average Bonchev–Trinajstić information content (AvgIpc) is 2.16. The van der Waals surface area contributed by atoms with Crippen LogP contribution in [0.1, 0.15) is 6.92 Å². The normalized spacial score (nSPS) is 33.0. The van der Waals surface area contributed by atoms with E-state index in [1.165, 1.54) is 0 Å². The van der Waals surface area contributed by atoms with Gasteiger partial charge in [0.2, 0.25) is 0 Å². The number of aliphatic carboxylic acids is 1. The number of hydrogen-bond acceptors (Lipinski definition) is 2. The highest BCUT2D eigenvalue weighted by Crippen LogP contribution is 2.09. The van der Waals surface area contributed by atoms with E-state index in [2.05, 4.69) is 5.32 Å². The zero-order valence-corrected chi connectivity index (χ0v) is 5.22. The van der Waals surface area contributed by atoms with E-state index in [9.17, 15) is 4.79 Å². The van der Waals surface area contributed by atoms with E-state index >= 15 is 0 Å². The van der Waals surface area contributed by atoms with E-state index in [1.807, 2.05) is 6.08 Å². The van der Waals surface area contributed by atoms with Crippen LogP contribution in [0.15, 0.2) is 12.2 Å². The molecule has 0 amide bonds. The molecule has 3 nitrogen and oxygen atoms in total. The SMILES string of the molecule is CC1(C(=O)O)C=CCN1. The van der Waals surface area contributed by atoms with Crippen molar-refractivity contribution in [3.05, 3.63) is 12.2 Å². The molecule has 0 aromatic heterocycles. The van der Waals surface area contributed by atoms with Gasteiger partial charge in [-0.1, -0.05) is 12.2 Å². The van der Waals surface area contributed by atoms with Gasteiger partial charge >= 0.3 is 5.97 Å². The summed E-state index contributed by atoms with van der Waals surface area (Å²) in [6.45, 7) is 2.29. The van der Waals surface area contributed by atoms with Gasteiger partial charge in [0.15, 0.2) is 0 Å². The third-order valence-electron chi connectivity index (χ3n) is 1.48. The van der Waals surface area contributed by atoms with Crippen LogP contribution in [0, 0.1) is 0 Å². The van der Waals surface area contributed by atoms with Crippen LogP contribution < -0.4 is 5.32 Å². The number of rotatable bonds is 1. The molecule has 0 saturated carbocycles. The van der Waals surface area contributed by atoms with Crippen molar-refractivity contribution in [1.29, 1.82) is 0 Å². The molecule has 1 atom stereocenters. The lowest BCUT2D eigenvalue weighted by molar-refractivity contribution is -0.141. The maximum absolute atomic E-state index is 10.4. The first-order chi connectivity index (χ1) is 4.15. The Balaban J connectivity index is 2.74. The Labute approximate surface area is 53.4 Å². The summed E-state index contributed by atoms with van der Waals surface area (Å²) < 4.78 is 0. The van der Waals surface area contributed by atoms with E-state index in [-0.39, 0.29) is 0 Å². The molecule has 1 heterocycles. The zero-order chi connectivity index (χ0) is 6.91. The minimum atomic E-state index is -0.823. The second-order valence-electron chi connectivity index (χ2n) is 2.29. The lowest BCUT2D eigenvalue weighted by atomic mass is 10.1. The van der Waals surface area contributed by atoms with Crippen LogP contribution in [-0.4, -0.2) is 23.2 Å². The quantitative estimate of drug-likeness (QED) is 0.487. The van der Waals surface area contributed by atoms with E-state index in [1.54, 1.807) is 13.0 Å². The molecule has 0 aromatic carbocycles. The molecule has 0 bridgehead atoms. The van der Waals surface area contributed by atoms with Gasteiger partial charge in [-0.2, -0.15) is 0 Å². The Hall–Kier alpha value is -0.830. The van der Waals surface area contributed by atoms with Crippen LogP contribution in [0.3, 0.4) is 0 Å². The number of hydrogen-bond donors (Lipinski definition) is 2. The van der Waals surface area contributed by atoms with Crippen LogP contribution in [0.25, 0.3) is 0 Å². The van der Waals surface area contributed by atoms with Gasteiger partial charge in [-0.25, -0.2) is 4.79 Å². The van der Waals surface area contributed by atoms with Gasteiger partial charge in [-0.05, 0) is 6.92 Å². The van der Waals surface area contributed by atoms with E-state index in [0.717, 1.165) is 0 Å². The van der Waals surface area contributed by atoms with Crippen LogP contribution >= 0.6 is 0 Å². The van der Waals surface area contributed by atoms with Gasteiger partial charge in [-0.15, -0.1) is 0 Å². The molecule has 0 aliphatic carbocycles. The Bertz CT molecular complexity index is 164. The molecule has 0 fully saturated rings. The molecule has 0 radical (unpaired) electrons. The smallest absolute Gasteiger partial charge is 0.327 e. The topological polar surface area (TPSA) is 49.3 Å². The van der Waals surface area contributed by atoms with Crippen molar-refractivity contribution >= 4 is 5.97 Å². The lowest BCUT2D eigenvalue weighted by Gasteiger charge is -2.15. The van der Waals surface area contributed by atoms with Crippen LogP contribution in [0.4, 0.5) is 0 Å². The van der Waals surface area contributed by atoms with Crippen molar-refractivity contribution in [2.45, 2.75) is 12.5 Å². The molecule has 2 N–H and O–H groups in total. The van der Waals surface area contributed by atoms with Crippen LogP contribution in [-0.2, 0) is 4.79 Å². The van der Waals surface area contributed by atoms with Gasteiger partial charge in [0, 0.05) is 6.54 Å². The predicted molar refractivity (Wildman–Crippen MR) is 33.2 cm³/mol. The van der Waals surface area contributed by atoms with Crippen molar-refractivity contribution < 1.29 is 9.90 Å². The Morgan fingerprint density at radius 2 is 2.56 bits per heavy atom. The summed E-state index contributed by atoms with van der Waals surface area (Å²) in [5.74, 6) is -0.823. The average molecular weight is 127 g/mol. The molecule has 9 heavy (non-hydrogen) atoms. The van der Waals surface area contributed by atoms with E-state index in [0.29, 0.717) is 6.54 Å². The Morgan fingerprint density at radius 1 is 1.89 bits per heavy atom. The first-order valence-corrected chi connectivity index (χ1v) is 2.81. The molecule has 1 aliphatic heterocycles. The minimum Gasteiger partial charge on any atom is -0.480 e. The highest BCUT2D eigenvalue weighted by atomic mass is 16.4. The summed E-state index contributed by atoms with van der Waals surface area (Å²) in [6.07, 6.45) is 3.48. The number of carboxylic acids is 1. The van der Waals surface area contributed by atoms with Crippen molar-refractivity contribution in [2.24, 2.45) is 0 Å². The third kappa shape index (κ3) is 0.954. The molecule has 1 unspecified atom stereocenters. The summed E-state index contributed by atoms with van der Waals surface area (Å²) in [5.41, 5.74) is -0.819. The van der Waals surface area contributed by atoms with Crippen LogP contribution in [0.5, 0.6) is 0 Å². The fraction of sp³-hybridized carbons (Fsp3) is 0.500. The summed E-state index contributed by atoms with van der Waals surface area (Å²) >= 11 is 0. The molecule has 1 aliphatic rings. The molecule has 0 spiro atoms. The first-order valence-electron chi connectivity index (χ1n) is 2.81. The van der Waals surface area contributed by atoms with Crippen molar-refractivity contribution in [3.63, 3.8) is 0 Å². The largest absolute Gasteiger partial charge is 0.480 e. The van der Waals surface area contributed by atoms with Crippen LogP contribution in [0.2, 0.25) is 0 Å². The van der Waals surface area contributed by atoms with Crippen molar-refractivity contribution in [1.82, 2.24) is 5.32 Å². The molecule has 0 aromatic rings. The highest BCUT2D eigenvalue weighted by molar-refractivity contribution is 5.81. The van der Waals surface area contributed by atoms with E-state index in [4.69, 9.17) is 5.11 Å². The molecule has 0 saturated heterocycles. The number of nitrogens with one attached hydrogen (secondary N) is 1. The first kappa shape index (κ1) is 6.29. The van der Waals surface area contributed by atoms with Gasteiger partial charge in [0.1, 0.15) is 5.54 Å². The van der Waals surface area contributed by atoms with Gasteiger partial charge in [0.25, 0.3) is 0 Å².